The van der Waals surface area contributed by atoms with E-state index in [9.17, 15) is 4.79 Å². The molecule has 0 aliphatic heterocycles. The standard InChI is InChI=1S/C21H23NO2/c1-5-24-21-7-6-16(11-18(21)14(2)3)19-12-17-10-15(4)8-9-22(17)20(19)13-23/h6-14H,5H2,1-4H3. The fourth-order valence-electron chi connectivity index (χ4n) is 3.12. The molecule has 0 amide bonds. The molecule has 24 heavy (non-hydrogen) atoms. The number of aldehydes is 1. The zero-order valence-corrected chi connectivity index (χ0v) is 14.7. The Hall–Kier alpha value is -2.55. The third-order valence-corrected chi connectivity index (χ3v) is 4.32. The minimum Gasteiger partial charge on any atom is -0.494 e. The van der Waals surface area contributed by atoms with Crippen molar-refractivity contribution in [2.45, 2.75) is 33.6 Å². The van der Waals surface area contributed by atoms with Crippen LogP contribution in [0.25, 0.3) is 16.6 Å². The van der Waals surface area contributed by atoms with E-state index >= 15 is 0 Å². The van der Waals surface area contributed by atoms with Gasteiger partial charge in [-0.05, 0) is 66.8 Å². The fourth-order valence-corrected chi connectivity index (χ4v) is 3.12. The molecule has 1 aromatic carbocycles. The quantitative estimate of drug-likeness (QED) is 0.601. The summed E-state index contributed by atoms with van der Waals surface area (Å²) < 4.78 is 7.69. The Morgan fingerprint density at radius 1 is 1.17 bits per heavy atom. The topological polar surface area (TPSA) is 30.7 Å². The molecule has 0 radical (unpaired) electrons. The van der Waals surface area contributed by atoms with Crippen molar-refractivity contribution in [2.75, 3.05) is 6.61 Å². The summed E-state index contributed by atoms with van der Waals surface area (Å²) in [5, 5.41) is 0. The molecule has 0 bridgehead atoms. The van der Waals surface area contributed by atoms with Gasteiger partial charge < -0.3 is 9.14 Å². The minimum absolute atomic E-state index is 0.352. The van der Waals surface area contributed by atoms with E-state index < -0.39 is 0 Å². The molecule has 0 aliphatic rings. The first-order valence-corrected chi connectivity index (χ1v) is 8.39. The molecule has 0 spiro atoms. The van der Waals surface area contributed by atoms with Crippen LogP contribution >= 0.6 is 0 Å². The van der Waals surface area contributed by atoms with E-state index in [1.807, 2.05) is 35.7 Å². The van der Waals surface area contributed by atoms with E-state index in [-0.39, 0.29) is 0 Å². The van der Waals surface area contributed by atoms with Crippen molar-refractivity contribution < 1.29 is 9.53 Å². The second-order valence-electron chi connectivity index (χ2n) is 6.40. The highest BCUT2D eigenvalue weighted by Crippen LogP contribution is 2.34. The molecule has 2 heterocycles. The Morgan fingerprint density at radius 2 is 1.96 bits per heavy atom. The summed E-state index contributed by atoms with van der Waals surface area (Å²) in [6.07, 6.45) is 2.89. The number of nitrogens with zero attached hydrogens (tertiary/aromatic N) is 1. The zero-order valence-electron chi connectivity index (χ0n) is 14.7. The Bertz CT molecular complexity index is 890. The summed E-state index contributed by atoms with van der Waals surface area (Å²) in [5.74, 6) is 1.27. The Labute approximate surface area is 142 Å². The highest BCUT2D eigenvalue weighted by molar-refractivity contribution is 5.90. The van der Waals surface area contributed by atoms with Crippen LogP contribution in [0, 0.1) is 6.92 Å². The largest absolute Gasteiger partial charge is 0.494 e. The number of pyridine rings is 1. The molecule has 0 atom stereocenters. The average molecular weight is 321 g/mol. The van der Waals surface area contributed by atoms with E-state index in [1.54, 1.807) is 0 Å². The average Bonchev–Trinajstić information content (AvgIpc) is 2.92. The Morgan fingerprint density at radius 3 is 2.62 bits per heavy atom. The van der Waals surface area contributed by atoms with Gasteiger partial charge in [0, 0.05) is 17.3 Å². The van der Waals surface area contributed by atoms with Crippen LogP contribution in [0.1, 0.15) is 48.3 Å². The molecule has 3 heteroatoms. The lowest BCUT2D eigenvalue weighted by molar-refractivity contribution is 0.111. The molecule has 0 fully saturated rings. The maximum Gasteiger partial charge on any atom is 0.167 e. The number of aromatic nitrogens is 1. The van der Waals surface area contributed by atoms with Gasteiger partial charge in [-0.15, -0.1) is 0 Å². The van der Waals surface area contributed by atoms with E-state index in [0.29, 0.717) is 18.2 Å². The van der Waals surface area contributed by atoms with Crippen LogP contribution < -0.4 is 4.74 Å². The van der Waals surface area contributed by atoms with Crippen LogP contribution in [0.5, 0.6) is 5.75 Å². The summed E-state index contributed by atoms with van der Waals surface area (Å²) in [6, 6.07) is 12.4. The predicted molar refractivity (Wildman–Crippen MR) is 98.2 cm³/mol. The first-order chi connectivity index (χ1) is 11.5. The van der Waals surface area contributed by atoms with E-state index in [1.165, 1.54) is 5.56 Å². The van der Waals surface area contributed by atoms with Crippen LogP contribution in [-0.4, -0.2) is 17.3 Å². The maximum atomic E-state index is 11.7. The highest BCUT2D eigenvalue weighted by atomic mass is 16.5. The molecule has 0 aliphatic carbocycles. The molecule has 0 N–H and O–H groups in total. The van der Waals surface area contributed by atoms with Gasteiger partial charge in [0.15, 0.2) is 6.29 Å². The van der Waals surface area contributed by atoms with Crippen LogP contribution in [-0.2, 0) is 0 Å². The third kappa shape index (κ3) is 2.82. The minimum atomic E-state index is 0.352. The number of hydrogen-bond donors (Lipinski definition) is 0. The van der Waals surface area contributed by atoms with Gasteiger partial charge in [0.25, 0.3) is 0 Å². The lowest BCUT2D eigenvalue weighted by atomic mass is 9.96. The molecular formula is C21H23NO2. The van der Waals surface area contributed by atoms with E-state index in [4.69, 9.17) is 4.74 Å². The van der Waals surface area contributed by atoms with Gasteiger partial charge in [0.2, 0.25) is 0 Å². The summed E-state index contributed by atoms with van der Waals surface area (Å²) in [4.78, 5) is 11.7. The van der Waals surface area contributed by atoms with Gasteiger partial charge in [-0.25, -0.2) is 0 Å². The second-order valence-corrected chi connectivity index (χ2v) is 6.40. The maximum absolute atomic E-state index is 11.7. The zero-order chi connectivity index (χ0) is 17.3. The van der Waals surface area contributed by atoms with Crippen LogP contribution in [0.15, 0.2) is 42.6 Å². The predicted octanol–water partition coefficient (Wildman–Crippen LogP) is 5.25. The van der Waals surface area contributed by atoms with Crippen molar-refractivity contribution in [2.24, 2.45) is 0 Å². The number of benzene rings is 1. The van der Waals surface area contributed by atoms with Crippen LogP contribution in [0.3, 0.4) is 0 Å². The van der Waals surface area contributed by atoms with Crippen molar-refractivity contribution in [3.8, 4) is 16.9 Å². The first kappa shape index (κ1) is 16.3. The normalized spacial score (nSPS) is 11.2. The van der Waals surface area contributed by atoms with Crippen molar-refractivity contribution in [1.29, 1.82) is 0 Å². The number of carbonyl (C=O) groups excluding carboxylic acids is 1. The van der Waals surface area contributed by atoms with Gasteiger partial charge in [-0.2, -0.15) is 0 Å². The lowest BCUT2D eigenvalue weighted by Gasteiger charge is -2.14. The Kier molecular flexibility index (Phi) is 4.43. The SMILES string of the molecule is CCOc1ccc(-c2cc3cc(C)ccn3c2C=O)cc1C(C)C. The summed E-state index contributed by atoms with van der Waals surface area (Å²) >= 11 is 0. The number of carbonyl (C=O) groups is 1. The number of fused-ring (bicyclic) bond motifs is 1. The highest BCUT2D eigenvalue weighted by Gasteiger charge is 2.15. The summed E-state index contributed by atoms with van der Waals surface area (Å²) in [6.45, 7) is 9.00. The van der Waals surface area contributed by atoms with Gasteiger partial charge in [0.05, 0.1) is 12.3 Å². The lowest BCUT2D eigenvalue weighted by Crippen LogP contribution is -1.99. The van der Waals surface area contributed by atoms with Crippen LogP contribution in [0.4, 0.5) is 0 Å². The molecule has 3 nitrogen and oxygen atoms in total. The molecule has 2 aromatic heterocycles. The van der Waals surface area contributed by atoms with Crippen molar-refractivity contribution >= 4 is 11.8 Å². The van der Waals surface area contributed by atoms with Gasteiger partial charge in [-0.1, -0.05) is 19.9 Å². The summed E-state index contributed by atoms with van der Waals surface area (Å²) in [7, 11) is 0. The number of hydrogen-bond acceptors (Lipinski definition) is 2. The van der Waals surface area contributed by atoms with Crippen molar-refractivity contribution in [3.05, 3.63) is 59.4 Å². The number of rotatable bonds is 5. The summed E-state index contributed by atoms with van der Waals surface area (Å²) in [5.41, 5.74) is 6.07. The van der Waals surface area contributed by atoms with Crippen LogP contribution in [0.2, 0.25) is 0 Å². The van der Waals surface area contributed by atoms with Crippen molar-refractivity contribution in [3.63, 3.8) is 0 Å². The second kappa shape index (κ2) is 6.52. The Balaban J connectivity index is 2.20. The van der Waals surface area contributed by atoms with Gasteiger partial charge in [-0.3, -0.25) is 4.79 Å². The molecule has 0 saturated carbocycles. The van der Waals surface area contributed by atoms with Gasteiger partial charge in [0.1, 0.15) is 5.75 Å². The molecule has 0 saturated heterocycles. The molecule has 3 rings (SSSR count). The fraction of sp³-hybridized carbons (Fsp3) is 0.286. The molecular weight excluding hydrogens is 298 g/mol. The smallest absolute Gasteiger partial charge is 0.167 e. The van der Waals surface area contributed by atoms with E-state index in [2.05, 4.69) is 39.0 Å². The van der Waals surface area contributed by atoms with Gasteiger partial charge >= 0.3 is 0 Å². The molecule has 124 valence electrons. The molecule has 3 aromatic rings. The number of ether oxygens (including phenoxy) is 1. The van der Waals surface area contributed by atoms with E-state index in [0.717, 1.165) is 34.2 Å². The molecule has 0 unspecified atom stereocenters. The monoisotopic (exact) mass is 321 g/mol. The first-order valence-electron chi connectivity index (χ1n) is 8.39. The van der Waals surface area contributed by atoms with Crippen molar-refractivity contribution in [1.82, 2.24) is 4.40 Å². The third-order valence-electron chi connectivity index (χ3n) is 4.32. The number of aryl methyl sites for hydroxylation is 1.